The van der Waals surface area contributed by atoms with Gasteiger partial charge in [-0.05, 0) is 55.8 Å². The maximum Gasteiger partial charge on any atom is 0.131 e. The third-order valence-electron chi connectivity index (χ3n) is 7.44. The molecule has 3 rings (SSSR count). The van der Waals surface area contributed by atoms with Crippen LogP contribution in [0.2, 0.25) is 0 Å². The van der Waals surface area contributed by atoms with Crippen LogP contribution in [-0.2, 0) is 4.74 Å². The summed E-state index contributed by atoms with van der Waals surface area (Å²) in [5.74, 6) is 1.83. The summed E-state index contributed by atoms with van der Waals surface area (Å²) in [5, 5.41) is 0. The van der Waals surface area contributed by atoms with Gasteiger partial charge in [-0.2, -0.15) is 0 Å². The summed E-state index contributed by atoms with van der Waals surface area (Å²) in [6.07, 6.45) is 23.8. The molecule has 0 aromatic carbocycles. The van der Waals surface area contributed by atoms with Gasteiger partial charge in [0.1, 0.15) is 5.56 Å². The molecule has 140 valence electrons. The minimum Gasteiger partial charge on any atom is -0.362 e. The predicted octanol–water partition coefficient (Wildman–Crippen LogP) is 7.46. The van der Waals surface area contributed by atoms with Gasteiger partial charge < -0.3 is 4.74 Å². The van der Waals surface area contributed by atoms with Crippen LogP contribution < -0.4 is 0 Å². The van der Waals surface area contributed by atoms with Gasteiger partial charge in [-0.15, -0.1) is 0 Å². The minimum atomic E-state index is -0.0476. The standard InChI is InChI=1S/C22H39ClO/c23-21(24-17-14-19-10-4-1-5-11-19)18-22(15-8-3-9-16-22)20-12-6-2-7-13-20/h19-21H,1-18H2. The zero-order valence-corrected chi connectivity index (χ0v) is 16.5. The normalized spacial score (nSPS) is 27.9. The van der Waals surface area contributed by atoms with E-state index >= 15 is 0 Å². The zero-order valence-electron chi connectivity index (χ0n) is 15.7. The molecule has 0 aromatic heterocycles. The first-order valence-electron chi connectivity index (χ1n) is 11.0. The number of ether oxygens (including phenoxy) is 1. The van der Waals surface area contributed by atoms with Gasteiger partial charge in [-0.3, -0.25) is 0 Å². The average Bonchev–Trinajstić information content (AvgIpc) is 2.64. The summed E-state index contributed by atoms with van der Waals surface area (Å²) in [6, 6.07) is 0. The van der Waals surface area contributed by atoms with Crippen molar-refractivity contribution in [2.75, 3.05) is 6.61 Å². The van der Waals surface area contributed by atoms with E-state index in [1.165, 1.54) is 103 Å². The second kappa shape index (κ2) is 9.81. The molecule has 0 amide bonds. The highest BCUT2D eigenvalue weighted by Gasteiger charge is 2.41. The van der Waals surface area contributed by atoms with E-state index in [1.54, 1.807) is 0 Å². The van der Waals surface area contributed by atoms with Crippen molar-refractivity contribution >= 4 is 11.6 Å². The lowest BCUT2D eigenvalue weighted by Gasteiger charge is -2.46. The van der Waals surface area contributed by atoms with Gasteiger partial charge in [-0.25, -0.2) is 0 Å². The highest BCUT2D eigenvalue weighted by Crippen LogP contribution is 2.51. The van der Waals surface area contributed by atoms with E-state index in [9.17, 15) is 0 Å². The van der Waals surface area contributed by atoms with Crippen molar-refractivity contribution < 1.29 is 4.74 Å². The molecule has 0 heterocycles. The summed E-state index contributed by atoms with van der Waals surface area (Å²) in [6.45, 7) is 0.888. The van der Waals surface area contributed by atoms with Crippen LogP contribution in [0.1, 0.15) is 109 Å². The molecule has 0 saturated heterocycles. The largest absolute Gasteiger partial charge is 0.362 e. The molecule has 0 aliphatic heterocycles. The summed E-state index contributed by atoms with van der Waals surface area (Å²) in [7, 11) is 0. The van der Waals surface area contributed by atoms with Crippen molar-refractivity contribution in [2.45, 2.75) is 115 Å². The average molecular weight is 355 g/mol. The molecule has 1 nitrogen and oxygen atoms in total. The Kier molecular flexibility index (Phi) is 7.78. The van der Waals surface area contributed by atoms with Crippen molar-refractivity contribution in [2.24, 2.45) is 17.3 Å². The van der Waals surface area contributed by atoms with E-state index in [0.717, 1.165) is 24.9 Å². The number of rotatable bonds is 7. The van der Waals surface area contributed by atoms with Crippen LogP contribution in [0.3, 0.4) is 0 Å². The van der Waals surface area contributed by atoms with Crippen LogP contribution in [0.15, 0.2) is 0 Å². The van der Waals surface area contributed by atoms with Gasteiger partial charge in [0.2, 0.25) is 0 Å². The van der Waals surface area contributed by atoms with Crippen LogP contribution in [0.4, 0.5) is 0 Å². The number of halogens is 1. The molecule has 0 spiro atoms. The smallest absolute Gasteiger partial charge is 0.131 e. The summed E-state index contributed by atoms with van der Waals surface area (Å²) < 4.78 is 6.13. The maximum atomic E-state index is 6.72. The van der Waals surface area contributed by atoms with Gasteiger partial charge in [0.15, 0.2) is 0 Å². The Labute approximate surface area is 155 Å². The lowest BCUT2D eigenvalue weighted by molar-refractivity contribution is -0.000550. The molecule has 0 radical (unpaired) electrons. The van der Waals surface area contributed by atoms with Crippen molar-refractivity contribution in [1.82, 2.24) is 0 Å². The van der Waals surface area contributed by atoms with Gasteiger partial charge in [0.05, 0.1) is 0 Å². The Hall–Kier alpha value is 0.250. The van der Waals surface area contributed by atoms with Crippen LogP contribution in [0.5, 0.6) is 0 Å². The fourth-order valence-electron chi connectivity index (χ4n) is 5.97. The fourth-order valence-corrected chi connectivity index (χ4v) is 6.36. The molecule has 1 unspecified atom stereocenters. The molecule has 3 fully saturated rings. The van der Waals surface area contributed by atoms with Crippen LogP contribution in [0, 0.1) is 17.3 Å². The highest BCUT2D eigenvalue weighted by atomic mass is 35.5. The molecular formula is C22H39ClO. The molecule has 3 saturated carbocycles. The predicted molar refractivity (Wildman–Crippen MR) is 103 cm³/mol. The molecule has 3 aliphatic rings. The molecule has 0 bridgehead atoms. The number of alkyl halides is 1. The first-order chi connectivity index (χ1) is 11.8. The topological polar surface area (TPSA) is 9.23 Å². The van der Waals surface area contributed by atoms with Crippen LogP contribution in [0.25, 0.3) is 0 Å². The molecule has 24 heavy (non-hydrogen) atoms. The Morgan fingerprint density at radius 3 is 2.04 bits per heavy atom. The maximum absolute atomic E-state index is 6.72. The minimum absolute atomic E-state index is 0.0476. The van der Waals surface area contributed by atoms with Crippen molar-refractivity contribution in [3.05, 3.63) is 0 Å². The second-order valence-electron chi connectivity index (χ2n) is 9.04. The Bertz CT molecular complexity index is 338. The van der Waals surface area contributed by atoms with E-state index in [-0.39, 0.29) is 5.56 Å². The fraction of sp³-hybridized carbons (Fsp3) is 1.00. The summed E-state index contributed by atoms with van der Waals surface area (Å²) in [5.41, 5.74) is 0.462. The van der Waals surface area contributed by atoms with Crippen LogP contribution >= 0.6 is 11.6 Å². The van der Waals surface area contributed by atoms with Gasteiger partial charge >= 0.3 is 0 Å². The third kappa shape index (κ3) is 5.37. The Balaban J connectivity index is 1.46. The van der Waals surface area contributed by atoms with Gasteiger partial charge in [0, 0.05) is 6.61 Å². The SMILES string of the molecule is ClC(CC1(C2CCCCC2)CCCCC1)OCCC1CCCCC1. The van der Waals surface area contributed by atoms with E-state index in [1.807, 2.05) is 0 Å². The number of hydrogen-bond donors (Lipinski definition) is 0. The van der Waals surface area contributed by atoms with Gasteiger partial charge in [-0.1, -0.05) is 82.2 Å². The number of hydrogen-bond acceptors (Lipinski definition) is 1. The summed E-state index contributed by atoms with van der Waals surface area (Å²) in [4.78, 5) is 0. The van der Waals surface area contributed by atoms with Crippen LogP contribution in [-0.4, -0.2) is 12.2 Å². The molecule has 0 aromatic rings. The van der Waals surface area contributed by atoms with Crippen molar-refractivity contribution in [3.8, 4) is 0 Å². The molecule has 3 aliphatic carbocycles. The lowest BCUT2D eigenvalue weighted by atomic mass is 9.60. The third-order valence-corrected chi connectivity index (χ3v) is 7.72. The van der Waals surface area contributed by atoms with Crippen molar-refractivity contribution in [3.63, 3.8) is 0 Å². The first kappa shape index (κ1) is 19.0. The summed E-state index contributed by atoms with van der Waals surface area (Å²) >= 11 is 6.72. The molecule has 1 atom stereocenters. The molecule has 0 N–H and O–H groups in total. The first-order valence-corrected chi connectivity index (χ1v) is 11.5. The van der Waals surface area contributed by atoms with E-state index < -0.39 is 0 Å². The van der Waals surface area contributed by atoms with E-state index in [0.29, 0.717) is 5.41 Å². The van der Waals surface area contributed by atoms with Crippen molar-refractivity contribution in [1.29, 1.82) is 0 Å². The monoisotopic (exact) mass is 354 g/mol. The lowest BCUT2D eigenvalue weighted by Crippen LogP contribution is -2.37. The van der Waals surface area contributed by atoms with Gasteiger partial charge in [0.25, 0.3) is 0 Å². The zero-order chi connectivity index (χ0) is 16.7. The quantitative estimate of drug-likeness (QED) is 0.431. The Morgan fingerprint density at radius 2 is 1.38 bits per heavy atom. The Morgan fingerprint density at radius 1 is 0.792 bits per heavy atom. The highest BCUT2D eigenvalue weighted by molar-refractivity contribution is 6.19. The molecule has 2 heteroatoms. The second-order valence-corrected chi connectivity index (χ2v) is 9.52. The van der Waals surface area contributed by atoms with E-state index in [2.05, 4.69) is 0 Å². The molecular weight excluding hydrogens is 316 g/mol. The van der Waals surface area contributed by atoms with E-state index in [4.69, 9.17) is 16.3 Å².